The second kappa shape index (κ2) is 8.43. The lowest BCUT2D eigenvalue weighted by Gasteiger charge is -2.25. The van der Waals surface area contributed by atoms with E-state index in [9.17, 15) is 24.8 Å². The summed E-state index contributed by atoms with van der Waals surface area (Å²) in [6, 6.07) is 9.82. The number of ketones is 1. The Morgan fingerprint density at radius 1 is 1.25 bits per heavy atom. The molecule has 2 atom stereocenters. The van der Waals surface area contributed by atoms with E-state index in [0.29, 0.717) is 17.5 Å². The quantitative estimate of drug-likeness (QED) is 0.242. The van der Waals surface area contributed by atoms with Crippen molar-refractivity contribution in [3.05, 3.63) is 74.8 Å². The van der Waals surface area contributed by atoms with E-state index in [4.69, 9.17) is 9.47 Å². The molecule has 0 bridgehead atoms. The van der Waals surface area contributed by atoms with Crippen LogP contribution >= 0.6 is 0 Å². The number of nitro benzene ring substituents is 1. The molecule has 166 valence electrons. The number of carbonyl (C=O) groups excluding carboxylic acids is 2. The summed E-state index contributed by atoms with van der Waals surface area (Å²) in [5, 5.41) is 22.2. The Hall–Kier alpha value is -3.72. The van der Waals surface area contributed by atoms with Crippen molar-refractivity contribution < 1.29 is 29.1 Å². The van der Waals surface area contributed by atoms with Crippen LogP contribution in [-0.2, 0) is 20.7 Å². The first kappa shape index (κ1) is 21.5. The van der Waals surface area contributed by atoms with Gasteiger partial charge in [0.25, 0.3) is 17.4 Å². The van der Waals surface area contributed by atoms with E-state index in [1.807, 2.05) is 6.92 Å². The van der Waals surface area contributed by atoms with Crippen molar-refractivity contribution in [1.29, 1.82) is 0 Å². The third-order valence-corrected chi connectivity index (χ3v) is 5.67. The molecule has 2 aromatic rings. The Bertz CT molecular complexity index is 1120. The minimum atomic E-state index is -0.894. The number of aliphatic hydroxyl groups is 1. The third kappa shape index (κ3) is 3.71. The number of ether oxygens (including phenoxy) is 2. The number of rotatable bonds is 6. The van der Waals surface area contributed by atoms with Gasteiger partial charge in [0, 0.05) is 37.8 Å². The molecule has 2 aromatic carbocycles. The number of benzene rings is 2. The fourth-order valence-electron chi connectivity index (χ4n) is 4.15. The summed E-state index contributed by atoms with van der Waals surface area (Å²) in [5.74, 6) is -1.15. The molecule has 32 heavy (non-hydrogen) atoms. The van der Waals surface area contributed by atoms with E-state index in [2.05, 4.69) is 0 Å². The van der Waals surface area contributed by atoms with Gasteiger partial charge >= 0.3 is 0 Å². The van der Waals surface area contributed by atoms with Gasteiger partial charge in [-0.2, -0.15) is 0 Å². The molecular formula is C23H22N2O7. The zero-order valence-corrected chi connectivity index (χ0v) is 17.6. The lowest BCUT2D eigenvalue weighted by Crippen LogP contribution is -2.32. The molecule has 2 aliphatic heterocycles. The monoisotopic (exact) mass is 438 g/mol. The van der Waals surface area contributed by atoms with Crippen LogP contribution < -0.4 is 4.74 Å². The number of non-ortho nitro benzene ring substituents is 1. The van der Waals surface area contributed by atoms with Gasteiger partial charge in [0.15, 0.2) is 0 Å². The molecule has 4 rings (SSSR count). The molecule has 2 heterocycles. The van der Waals surface area contributed by atoms with Gasteiger partial charge in [-0.25, -0.2) is 0 Å². The molecule has 0 aromatic heterocycles. The first-order chi connectivity index (χ1) is 15.3. The molecule has 1 fully saturated rings. The summed E-state index contributed by atoms with van der Waals surface area (Å²) in [7, 11) is 1.48. The second-order valence-corrected chi connectivity index (χ2v) is 7.79. The highest BCUT2D eigenvalue weighted by molar-refractivity contribution is 6.46. The zero-order chi connectivity index (χ0) is 23.0. The van der Waals surface area contributed by atoms with Crippen LogP contribution in [-0.4, -0.2) is 53.0 Å². The van der Waals surface area contributed by atoms with E-state index in [1.165, 1.54) is 36.3 Å². The molecule has 0 spiro atoms. The number of amides is 1. The van der Waals surface area contributed by atoms with Crippen molar-refractivity contribution in [1.82, 2.24) is 4.90 Å². The molecule has 0 aliphatic carbocycles. The van der Waals surface area contributed by atoms with E-state index in [-0.39, 0.29) is 36.3 Å². The molecule has 1 N–H and O–H groups in total. The van der Waals surface area contributed by atoms with Crippen LogP contribution in [0.1, 0.15) is 29.7 Å². The van der Waals surface area contributed by atoms with E-state index >= 15 is 0 Å². The van der Waals surface area contributed by atoms with Crippen molar-refractivity contribution in [2.75, 3.05) is 20.3 Å². The zero-order valence-electron chi connectivity index (χ0n) is 17.6. The van der Waals surface area contributed by atoms with E-state index < -0.39 is 22.7 Å². The molecule has 9 nitrogen and oxygen atoms in total. The summed E-state index contributed by atoms with van der Waals surface area (Å²) >= 11 is 0. The molecule has 2 unspecified atom stereocenters. The van der Waals surface area contributed by atoms with Crippen LogP contribution in [0, 0.1) is 10.1 Å². The van der Waals surface area contributed by atoms with Crippen LogP contribution in [0.15, 0.2) is 48.0 Å². The first-order valence-electron chi connectivity index (χ1n) is 10.1. The van der Waals surface area contributed by atoms with Gasteiger partial charge < -0.3 is 19.5 Å². The minimum absolute atomic E-state index is 0.0159. The van der Waals surface area contributed by atoms with Gasteiger partial charge in [-0.15, -0.1) is 0 Å². The van der Waals surface area contributed by atoms with Gasteiger partial charge in [-0.05, 0) is 48.4 Å². The molecule has 0 radical (unpaired) electrons. The van der Waals surface area contributed by atoms with Crippen LogP contribution in [0.3, 0.4) is 0 Å². The van der Waals surface area contributed by atoms with Crippen molar-refractivity contribution in [2.45, 2.75) is 25.5 Å². The topological polar surface area (TPSA) is 119 Å². The number of hydrogen-bond donors (Lipinski definition) is 1. The van der Waals surface area contributed by atoms with Gasteiger partial charge in [-0.1, -0.05) is 0 Å². The largest absolute Gasteiger partial charge is 0.507 e. The van der Waals surface area contributed by atoms with Gasteiger partial charge in [0.2, 0.25) is 0 Å². The number of methoxy groups -OCH3 is 1. The summed E-state index contributed by atoms with van der Waals surface area (Å²) in [6.07, 6.45) is 0.687. The number of Topliss-reactive ketones (excluding diaryl/α,β-unsaturated/α-hetero) is 1. The maximum Gasteiger partial charge on any atom is 0.295 e. The van der Waals surface area contributed by atoms with Gasteiger partial charge in [0.05, 0.1) is 23.1 Å². The standard InChI is InChI=1S/C23H22N2O7/c1-13-11-16-12-15(5-8-18(16)32-13)21(26)19-20(14-3-6-17(7-4-14)25(29)30)24(9-10-31-2)23(28)22(19)27/h3-8,12-13,20,26H,9-11H2,1-2H3. The lowest BCUT2D eigenvalue weighted by molar-refractivity contribution is -0.384. The SMILES string of the molecule is COCCN1C(=O)C(=O)C(=C(O)c2ccc3c(c2)CC(C)O3)C1c1ccc([N+](=O)[O-])cc1. The smallest absolute Gasteiger partial charge is 0.295 e. The predicted octanol–water partition coefficient (Wildman–Crippen LogP) is 2.99. The number of carbonyl (C=O) groups is 2. The predicted molar refractivity (Wildman–Crippen MR) is 114 cm³/mol. The highest BCUT2D eigenvalue weighted by Crippen LogP contribution is 2.40. The number of nitrogens with zero attached hydrogens (tertiary/aromatic N) is 2. The number of aliphatic hydroxyl groups excluding tert-OH is 1. The molecule has 1 amide bonds. The van der Waals surface area contributed by atoms with Crippen molar-refractivity contribution in [2.24, 2.45) is 0 Å². The number of fused-ring (bicyclic) bond motifs is 1. The average Bonchev–Trinajstić information content (AvgIpc) is 3.27. The maximum atomic E-state index is 13.0. The average molecular weight is 438 g/mol. The summed E-state index contributed by atoms with van der Waals surface area (Å²) in [6.45, 7) is 2.25. The van der Waals surface area contributed by atoms with Crippen LogP contribution in [0.25, 0.3) is 5.76 Å². The molecule has 2 aliphatic rings. The second-order valence-electron chi connectivity index (χ2n) is 7.79. The Kier molecular flexibility index (Phi) is 5.67. The number of likely N-dealkylation sites (tertiary alicyclic amines) is 1. The van der Waals surface area contributed by atoms with Crippen molar-refractivity contribution >= 4 is 23.1 Å². The third-order valence-electron chi connectivity index (χ3n) is 5.67. The van der Waals surface area contributed by atoms with Crippen LogP contribution in [0.4, 0.5) is 5.69 Å². The molecule has 1 saturated heterocycles. The summed E-state index contributed by atoms with van der Waals surface area (Å²) < 4.78 is 10.8. The Balaban J connectivity index is 1.82. The Morgan fingerprint density at radius 3 is 2.62 bits per heavy atom. The van der Waals surface area contributed by atoms with E-state index in [1.54, 1.807) is 18.2 Å². The fourth-order valence-corrected chi connectivity index (χ4v) is 4.15. The van der Waals surface area contributed by atoms with Crippen molar-refractivity contribution in [3.63, 3.8) is 0 Å². The molecule has 0 saturated carbocycles. The minimum Gasteiger partial charge on any atom is -0.507 e. The molecule has 9 heteroatoms. The molecular weight excluding hydrogens is 416 g/mol. The fraction of sp³-hybridized carbons (Fsp3) is 0.304. The van der Waals surface area contributed by atoms with Crippen molar-refractivity contribution in [3.8, 4) is 5.75 Å². The Labute approximate surface area is 184 Å². The van der Waals surface area contributed by atoms with E-state index in [0.717, 1.165) is 11.3 Å². The highest BCUT2D eigenvalue weighted by atomic mass is 16.6. The van der Waals surface area contributed by atoms with Crippen LogP contribution in [0.2, 0.25) is 0 Å². The highest BCUT2D eigenvalue weighted by Gasteiger charge is 2.46. The summed E-state index contributed by atoms with van der Waals surface area (Å²) in [5.41, 5.74) is 1.60. The summed E-state index contributed by atoms with van der Waals surface area (Å²) in [4.78, 5) is 37.6. The number of hydrogen-bond acceptors (Lipinski definition) is 7. The Morgan fingerprint density at radius 2 is 1.97 bits per heavy atom. The first-order valence-corrected chi connectivity index (χ1v) is 10.1. The lowest BCUT2D eigenvalue weighted by atomic mass is 9.94. The maximum absolute atomic E-state index is 13.0. The number of nitro groups is 1. The van der Waals surface area contributed by atoms with Gasteiger partial charge in [-0.3, -0.25) is 19.7 Å². The van der Waals surface area contributed by atoms with Crippen LogP contribution in [0.5, 0.6) is 5.75 Å². The van der Waals surface area contributed by atoms with Gasteiger partial charge in [0.1, 0.15) is 17.6 Å². The normalized spacial score (nSPS) is 21.5.